The van der Waals surface area contributed by atoms with Crippen molar-refractivity contribution in [1.82, 2.24) is 9.78 Å². The van der Waals surface area contributed by atoms with Gasteiger partial charge in [-0.1, -0.05) is 26.0 Å². The Balaban J connectivity index is 1.67. The third-order valence-corrected chi connectivity index (χ3v) is 8.39. The molecule has 1 N–H and O–H groups in total. The van der Waals surface area contributed by atoms with Crippen LogP contribution in [0.15, 0.2) is 30.3 Å². The first-order valence-electron chi connectivity index (χ1n) is 9.72. The molecule has 6 nitrogen and oxygen atoms in total. The fraction of sp³-hybridized carbons (Fsp3) is 0.524. The van der Waals surface area contributed by atoms with Gasteiger partial charge in [-0.2, -0.15) is 5.10 Å². The first-order chi connectivity index (χ1) is 13.1. The van der Waals surface area contributed by atoms with Gasteiger partial charge in [0, 0.05) is 12.1 Å². The molecule has 0 unspecified atom stereocenters. The van der Waals surface area contributed by atoms with Gasteiger partial charge in [0.15, 0.2) is 0 Å². The van der Waals surface area contributed by atoms with E-state index < -0.39 is 15.4 Å². The lowest BCUT2D eigenvalue weighted by atomic mass is 9.70. The molecule has 2 aliphatic rings. The molecule has 2 bridgehead atoms. The zero-order chi connectivity index (χ0) is 20.3. The number of Topliss-reactive ketones (excluding diaryl/α,β-unsaturated/α-hetero) is 1. The van der Waals surface area contributed by atoms with E-state index in [1.807, 2.05) is 32.0 Å². The molecule has 150 valence electrons. The molecular formula is C21H27N3O3S. The monoisotopic (exact) mass is 401 g/mol. The fourth-order valence-electron chi connectivity index (χ4n) is 5.25. The molecule has 1 aromatic carbocycles. The summed E-state index contributed by atoms with van der Waals surface area (Å²) in [5.41, 5.74) is 1.88. The van der Waals surface area contributed by atoms with Crippen LogP contribution in [0.25, 0.3) is 5.69 Å². The molecule has 2 fully saturated rings. The van der Waals surface area contributed by atoms with Crippen LogP contribution < -0.4 is 4.72 Å². The van der Waals surface area contributed by atoms with Gasteiger partial charge >= 0.3 is 0 Å². The summed E-state index contributed by atoms with van der Waals surface area (Å²) in [4.78, 5) is 12.7. The number of anilines is 1. The van der Waals surface area contributed by atoms with E-state index in [1.165, 1.54) is 0 Å². The number of carbonyl (C=O) groups excluding carboxylic acids is 1. The lowest BCUT2D eigenvalue weighted by Crippen LogP contribution is -2.43. The third kappa shape index (κ3) is 2.79. The molecule has 2 aromatic rings. The number of hydrogen-bond donors (Lipinski definition) is 1. The Bertz CT molecular complexity index is 1050. The van der Waals surface area contributed by atoms with Crippen LogP contribution in [0.1, 0.15) is 44.5 Å². The zero-order valence-electron chi connectivity index (χ0n) is 16.8. The molecule has 2 aliphatic carbocycles. The molecule has 0 spiro atoms. The van der Waals surface area contributed by atoms with E-state index in [9.17, 15) is 13.2 Å². The largest absolute Gasteiger partial charge is 0.299 e. The van der Waals surface area contributed by atoms with Gasteiger partial charge in [0.1, 0.15) is 5.78 Å². The SMILES string of the molecule is Cc1cc(C)n(-c2ccccc2NS(=O)(=O)C[C@@]23CC[C@@H](CC2=O)C3(C)C)n1. The number of para-hydroxylation sites is 2. The lowest BCUT2D eigenvalue weighted by molar-refractivity contribution is -0.128. The number of hydrogen-bond acceptors (Lipinski definition) is 4. The van der Waals surface area contributed by atoms with Gasteiger partial charge in [-0.25, -0.2) is 13.1 Å². The molecule has 0 amide bonds. The second-order valence-electron chi connectivity index (χ2n) is 8.88. The molecule has 7 heteroatoms. The molecule has 2 atom stereocenters. The van der Waals surface area contributed by atoms with Crippen molar-refractivity contribution in [2.75, 3.05) is 10.5 Å². The summed E-state index contributed by atoms with van der Waals surface area (Å²) in [6.07, 6.45) is 2.09. The van der Waals surface area contributed by atoms with E-state index in [4.69, 9.17) is 0 Å². The molecule has 1 heterocycles. The Morgan fingerprint density at radius 3 is 2.54 bits per heavy atom. The zero-order valence-corrected chi connectivity index (χ0v) is 17.6. The lowest BCUT2D eigenvalue weighted by Gasteiger charge is -2.36. The summed E-state index contributed by atoms with van der Waals surface area (Å²) in [7, 11) is -3.71. The number of nitrogens with one attached hydrogen (secondary N) is 1. The smallest absolute Gasteiger partial charge is 0.233 e. The minimum Gasteiger partial charge on any atom is -0.299 e. The number of aromatic nitrogens is 2. The van der Waals surface area contributed by atoms with Crippen LogP contribution >= 0.6 is 0 Å². The molecule has 0 radical (unpaired) electrons. The molecule has 28 heavy (non-hydrogen) atoms. The van der Waals surface area contributed by atoms with E-state index in [0.717, 1.165) is 17.8 Å². The maximum Gasteiger partial charge on any atom is 0.233 e. The van der Waals surface area contributed by atoms with Gasteiger partial charge in [-0.15, -0.1) is 0 Å². The van der Waals surface area contributed by atoms with Gasteiger partial charge in [-0.05, 0) is 56.2 Å². The number of aryl methyl sites for hydroxylation is 2. The fourth-order valence-corrected chi connectivity index (χ4v) is 7.16. The molecular weight excluding hydrogens is 374 g/mol. The van der Waals surface area contributed by atoms with Crippen molar-refractivity contribution < 1.29 is 13.2 Å². The molecule has 0 aliphatic heterocycles. The second-order valence-corrected chi connectivity index (χ2v) is 10.6. The van der Waals surface area contributed by atoms with Gasteiger partial charge in [0.05, 0.1) is 28.2 Å². The van der Waals surface area contributed by atoms with Crippen LogP contribution in [0.3, 0.4) is 0 Å². The van der Waals surface area contributed by atoms with Crippen molar-refractivity contribution in [3.8, 4) is 5.69 Å². The first kappa shape index (κ1) is 19.2. The number of nitrogens with zero attached hydrogens (tertiary/aromatic N) is 2. The molecule has 0 saturated heterocycles. The van der Waals surface area contributed by atoms with Crippen LogP contribution in [0, 0.1) is 30.6 Å². The highest BCUT2D eigenvalue weighted by molar-refractivity contribution is 7.92. The minimum absolute atomic E-state index is 0.103. The van der Waals surface area contributed by atoms with Crippen LogP contribution in [-0.2, 0) is 14.8 Å². The Morgan fingerprint density at radius 2 is 1.96 bits per heavy atom. The predicted molar refractivity (Wildman–Crippen MR) is 109 cm³/mol. The van der Waals surface area contributed by atoms with Crippen LogP contribution in [0.4, 0.5) is 5.69 Å². The van der Waals surface area contributed by atoms with Gasteiger partial charge in [0.25, 0.3) is 0 Å². The molecule has 4 rings (SSSR count). The number of benzene rings is 1. The van der Waals surface area contributed by atoms with E-state index in [2.05, 4.69) is 23.7 Å². The minimum atomic E-state index is -3.71. The van der Waals surface area contributed by atoms with E-state index in [1.54, 1.807) is 16.8 Å². The van der Waals surface area contributed by atoms with Gasteiger partial charge in [0.2, 0.25) is 10.0 Å². The highest BCUT2D eigenvalue weighted by Gasteiger charge is 2.65. The van der Waals surface area contributed by atoms with Crippen molar-refractivity contribution in [2.45, 2.75) is 47.0 Å². The summed E-state index contributed by atoms with van der Waals surface area (Å²) in [5.74, 6) is 0.233. The summed E-state index contributed by atoms with van der Waals surface area (Å²) in [6.45, 7) is 7.94. The van der Waals surface area contributed by atoms with Gasteiger partial charge < -0.3 is 0 Å². The highest BCUT2D eigenvalue weighted by Crippen LogP contribution is 2.64. The topological polar surface area (TPSA) is 81.1 Å². The standard InChI is InChI=1S/C21H27N3O3S/c1-14-11-15(2)24(22-14)18-8-6-5-7-17(18)23-28(26,27)13-21-10-9-16(12-19(21)25)20(21,3)4/h5-8,11,16,23H,9-10,12-13H2,1-4H3/t16-,21-/m0/s1. The maximum absolute atomic E-state index is 13.2. The summed E-state index contributed by atoms with van der Waals surface area (Å²) < 4.78 is 30.8. The Morgan fingerprint density at radius 1 is 1.25 bits per heavy atom. The van der Waals surface area contributed by atoms with E-state index in [0.29, 0.717) is 24.2 Å². The van der Waals surface area contributed by atoms with Crippen LogP contribution in [-0.4, -0.2) is 29.7 Å². The first-order valence-corrected chi connectivity index (χ1v) is 11.4. The Labute approximate surface area is 166 Å². The average molecular weight is 402 g/mol. The van der Waals surface area contributed by atoms with E-state index >= 15 is 0 Å². The summed E-state index contributed by atoms with van der Waals surface area (Å²) in [5, 5.41) is 4.47. The van der Waals surface area contributed by atoms with E-state index in [-0.39, 0.29) is 22.9 Å². The second kappa shape index (κ2) is 6.17. The number of ketones is 1. The van der Waals surface area contributed by atoms with Crippen molar-refractivity contribution in [2.24, 2.45) is 16.7 Å². The number of fused-ring (bicyclic) bond motifs is 2. The van der Waals surface area contributed by atoms with Crippen molar-refractivity contribution in [3.63, 3.8) is 0 Å². The average Bonchev–Trinajstić information content (AvgIpc) is 3.11. The summed E-state index contributed by atoms with van der Waals surface area (Å²) in [6, 6.07) is 9.17. The number of carbonyl (C=O) groups is 1. The highest BCUT2D eigenvalue weighted by atomic mass is 32.2. The predicted octanol–water partition coefficient (Wildman–Crippen LogP) is 3.63. The summed E-state index contributed by atoms with van der Waals surface area (Å²) >= 11 is 0. The number of sulfonamides is 1. The van der Waals surface area contributed by atoms with Crippen molar-refractivity contribution in [1.29, 1.82) is 0 Å². The maximum atomic E-state index is 13.2. The Kier molecular flexibility index (Phi) is 4.23. The normalized spacial score (nSPS) is 26.0. The number of rotatable bonds is 5. The molecule has 2 saturated carbocycles. The van der Waals surface area contributed by atoms with Crippen molar-refractivity contribution in [3.05, 3.63) is 41.7 Å². The third-order valence-electron chi connectivity index (χ3n) is 6.98. The molecule has 1 aromatic heterocycles. The van der Waals surface area contributed by atoms with Crippen LogP contribution in [0.5, 0.6) is 0 Å². The van der Waals surface area contributed by atoms with Gasteiger partial charge in [-0.3, -0.25) is 9.52 Å². The quantitative estimate of drug-likeness (QED) is 0.830. The van der Waals surface area contributed by atoms with Crippen molar-refractivity contribution >= 4 is 21.5 Å². The van der Waals surface area contributed by atoms with Crippen LogP contribution in [0.2, 0.25) is 0 Å². The Hall–Kier alpha value is -2.15.